The Bertz CT molecular complexity index is 1440. The lowest BCUT2D eigenvalue weighted by Gasteiger charge is -2.12. The predicted octanol–water partition coefficient (Wildman–Crippen LogP) is 4.83. The second kappa shape index (κ2) is 9.65. The molecular weight excluding hydrogens is 458 g/mol. The van der Waals surface area contributed by atoms with Gasteiger partial charge in [0.25, 0.3) is 5.91 Å². The van der Waals surface area contributed by atoms with Gasteiger partial charge in [0.15, 0.2) is 11.5 Å². The second-order valence-electron chi connectivity index (χ2n) is 8.55. The quantitative estimate of drug-likeness (QED) is 0.404. The molecule has 1 aliphatic heterocycles. The Balaban J connectivity index is 1.51. The molecule has 184 valence electrons. The molecule has 0 saturated carbocycles. The summed E-state index contributed by atoms with van der Waals surface area (Å²) in [5.74, 6) is 2.41. The predicted molar refractivity (Wildman–Crippen MR) is 135 cm³/mol. The highest BCUT2D eigenvalue weighted by molar-refractivity contribution is 5.94. The van der Waals surface area contributed by atoms with Gasteiger partial charge in [-0.2, -0.15) is 5.10 Å². The molecule has 36 heavy (non-hydrogen) atoms. The molecule has 0 unspecified atom stereocenters. The summed E-state index contributed by atoms with van der Waals surface area (Å²) < 4.78 is 23.4. The van der Waals surface area contributed by atoms with Crippen molar-refractivity contribution in [2.75, 3.05) is 21.0 Å². The number of rotatable bonds is 7. The van der Waals surface area contributed by atoms with Crippen molar-refractivity contribution in [1.82, 2.24) is 15.1 Å². The molecule has 0 radical (unpaired) electrons. The zero-order chi connectivity index (χ0) is 25.2. The summed E-state index contributed by atoms with van der Waals surface area (Å²) in [7, 11) is 3.20. The van der Waals surface area contributed by atoms with E-state index in [2.05, 4.69) is 11.4 Å². The van der Waals surface area contributed by atoms with E-state index in [0.29, 0.717) is 40.9 Å². The third-order valence-corrected chi connectivity index (χ3v) is 6.10. The number of hydrogen-bond acceptors (Lipinski definition) is 6. The van der Waals surface area contributed by atoms with E-state index in [4.69, 9.17) is 24.0 Å². The highest BCUT2D eigenvalue weighted by Crippen LogP contribution is 2.34. The fourth-order valence-electron chi connectivity index (χ4n) is 4.24. The number of amides is 1. The fourth-order valence-corrected chi connectivity index (χ4v) is 4.24. The van der Waals surface area contributed by atoms with Crippen molar-refractivity contribution >= 4 is 5.91 Å². The monoisotopic (exact) mass is 485 g/mol. The average molecular weight is 486 g/mol. The summed E-state index contributed by atoms with van der Waals surface area (Å²) in [6.07, 6.45) is 0. The molecule has 0 bridgehead atoms. The molecule has 0 spiro atoms. The number of aromatic nitrogens is 2. The summed E-state index contributed by atoms with van der Waals surface area (Å²) in [5, 5.41) is 7.84. The van der Waals surface area contributed by atoms with Crippen molar-refractivity contribution in [2.45, 2.75) is 20.4 Å². The first-order valence-electron chi connectivity index (χ1n) is 11.5. The molecule has 0 atom stereocenters. The van der Waals surface area contributed by atoms with Crippen LogP contribution in [0.1, 0.15) is 27.2 Å². The Hall–Kier alpha value is -4.46. The Morgan fingerprint density at radius 2 is 1.81 bits per heavy atom. The van der Waals surface area contributed by atoms with Gasteiger partial charge in [0.05, 0.1) is 25.6 Å². The van der Waals surface area contributed by atoms with Crippen molar-refractivity contribution < 1.29 is 23.7 Å². The summed E-state index contributed by atoms with van der Waals surface area (Å²) in [4.78, 5) is 13.4. The lowest BCUT2D eigenvalue weighted by atomic mass is 10.1. The Morgan fingerprint density at radius 1 is 0.972 bits per heavy atom. The van der Waals surface area contributed by atoms with Crippen LogP contribution in [0.2, 0.25) is 0 Å². The number of hydrogen-bond donors (Lipinski definition) is 1. The molecule has 1 N–H and O–H groups in total. The number of nitrogens with zero attached hydrogens (tertiary/aromatic N) is 2. The molecule has 2 heterocycles. The van der Waals surface area contributed by atoms with E-state index in [-0.39, 0.29) is 12.7 Å². The van der Waals surface area contributed by atoms with Crippen LogP contribution in [0.5, 0.6) is 23.0 Å². The van der Waals surface area contributed by atoms with Crippen molar-refractivity contribution in [3.8, 4) is 39.9 Å². The third kappa shape index (κ3) is 4.45. The molecule has 3 aromatic carbocycles. The van der Waals surface area contributed by atoms with Crippen LogP contribution in [-0.4, -0.2) is 36.7 Å². The molecule has 1 amide bonds. The highest BCUT2D eigenvalue weighted by Gasteiger charge is 2.21. The van der Waals surface area contributed by atoms with Crippen molar-refractivity contribution in [3.63, 3.8) is 0 Å². The number of fused-ring (bicyclic) bond motifs is 1. The third-order valence-electron chi connectivity index (χ3n) is 6.10. The molecule has 0 aliphatic carbocycles. The fraction of sp³-hybridized carbons (Fsp3) is 0.214. The maximum Gasteiger partial charge on any atom is 0.270 e. The normalized spacial score (nSPS) is 11.9. The Kier molecular flexibility index (Phi) is 6.25. The number of carbonyl (C=O) groups excluding carboxylic acids is 1. The lowest BCUT2D eigenvalue weighted by Crippen LogP contribution is -2.25. The number of aryl methyl sites for hydroxylation is 2. The van der Waals surface area contributed by atoms with Gasteiger partial charge in [-0.25, -0.2) is 4.68 Å². The minimum atomic E-state index is -0.251. The Labute approximate surface area is 209 Å². The van der Waals surface area contributed by atoms with Gasteiger partial charge in [-0.3, -0.25) is 4.79 Å². The van der Waals surface area contributed by atoms with Crippen LogP contribution in [0.4, 0.5) is 0 Å². The molecule has 8 nitrogen and oxygen atoms in total. The van der Waals surface area contributed by atoms with E-state index in [1.807, 2.05) is 56.3 Å². The van der Waals surface area contributed by atoms with Crippen LogP contribution < -0.4 is 24.3 Å². The molecule has 1 aromatic heterocycles. The van der Waals surface area contributed by atoms with Crippen LogP contribution >= 0.6 is 0 Å². The van der Waals surface area contributed by atoms with Crippen LogP contribution in [0.15, 0.2) is 60.7 Å². The topological polar surface area (TPSA) is 83.8 Å². The molecule has 4 aromatic rings. The van der Waals surface area contributed by atoms with Crippen LogP contribution in [0.25, 0.3) is 16.9 Å². The van der Waals surface area contributed by atoms with E-state index >= 15 is 0 Å². The molecule has 8 heteroatoms. The summed E-state index contributed by atoms with van der Waals surface area (Å²) in [6, 6.07) is 19.0. The standard InChI is InChI=1S/C28H27N3O5/c1-17-5-9-23(18(2)11-17)31-24(14-22(30-31)21-8-7-20(33-3)13-26(21)34-4)28(32)29-15-19-6-10-25-27(12-19)36-16-35-25/h5-14H,15-16H2,1-4H3,(H,29,32). The van der Waals surface area contributed by atoms with E-state index in [0.717, 1.165) is 27.9 Å². The smallest absolute Gasteiger partial charge is 0.270 e. The van der Waals surface area contributed by atoms with E-state index in [1.165, 1.54) is 0 Å². The first-order valence-corrected chi connectivity index (χ1v) is 11.5. The number of ether oxygens (including phenoxy) is 4. The lowest BCUT2D eigenvalue weighted by molar-refractivity contribution is 0.0943. The van der Waals surface area contributed by atoms with Crippen LogP contribution in [0, 0.1) is 13.8 Å². The van der Waals surface area contributed by atoms with Crippen molar-refractivity contribution in [3.05, 3.63) is 83.0 Å². The van der Waals surface area contributed by atoms with Crippen LogP contribution in [0.3, 0.4) is 0 Å². The van der Waals surface area contributed by atoms with Gasteiger partial charge in [0.1, 0.15) is 17.2 Å². The molecular formula is C28H27N3O5. The first-order chi connectivity index (χ1) is 17.5. The molecule has 5 rings (SSSR count). The minimum Gasteiger partial charge on any atom is -0.497 e. The zero-order valence-corrected chi connectivity index (χ0v) is 20.6. The summed E-state index contributed by atoms with van der Waals surface area (Å²) in [5.41, 5.74) is 5.66. The van der Waals surface area contributed by atoms with E-state index in [1.54, 1.807) is 31.0 Å². The second-order valence-corrected chi connectivity index (χ2v) is 8.55. The minimum absolute atomic E-state index is 0.206. The zero-order valence-electron chi connectivity index (χ0n) is 20.6. The van der Waals surface area contributed by atoms with Crippen molar-refractivity contribution in [2.24, 2.45) is 0 Å². The van der Waals surface area contributed by atoms with Gasteiger partial charge < -0.3 is 24.3 Å². The van der Waals surface area contributed by atoms with Gasteiger partial charge in [0, 0.05) is 18.2 Å². The average Bonchev–Trinajstić information content (AvgIpc) is 3.54. The van der Waals surface area contributed by atoms with Gasteiger partial charge in [-0.15, -0.1) is 0 Å². The van der Waals surface area contributed by atoms with E-state index in [9.17, 15) is 4.79 Å². The first kappa shape index (κ1) is 23.3. The van der Waals surface area contributed by atoms with Crippen LogP contribution in [-0.2, 0) is 6.54 Å². The molecule has 0 saturated heterocycles. The Morgan fingerprint density at radius 3 is 2.58 bits per heavy atom. The number of benzene rings is 3. The summed E-state index contributed by atoms with van der Waals surface area (Å²) >= 11 is 0. The van der Waals surface area contributed by atoms with Gasteiger partial charge in [0.2, 0.25) is 6.79 Å². The maximum atomic E-state index is 13.4. The molecule has 0 fully saturated rings. The molecule has 1 aliphatic rings. The van der Waals surface area contributed by atoms with Gasteiger partial charge >= 0.3 is 0 Å². The number of methoxy groups -OCH3 is 2. The maximum absolute atomic E-state index is 13.4. The SMILES string of the molecule is COc1ccc(-c2cc(C(=O)NCc3ccc4c(c3)OCO4)n(-c3ccc(C)cc3C)n2)c(OC)c1. The summed E-state index contributed by atoms with van der Waals surface area (Å²) in [6.45, 7) is 4.57. The van der Waals surface area contributed by atoms with Gasteiger partial charge in [-0.05, 0) is 61.4 Å². The number of nitrogens with one attached hydrogen (secondary N) is 1. The highest BCUT2D eigenvalue weighted by atomic mass is 16.7. The largest absolute Gasteiger partial charge is 0.497 e. The van der Waals surface area contributed by atoms with E-state index < -0.39 is 0 Å². The van der Waals surface area contributed by atoms with Crippen molar-refractivity contribution in [1.29, 1.82) is 0 Å². The van der Waals surface area contributed by atoms with Gasteiger partial charge in [-0.1, -0.05) is 23.8 Å². The number of carbonyl (C=O) groups is 1.